The van der Waals surface area contributed by atoms with Crippen LogP contribution in [-0.2, 0) is 9.53 Å². The Bertz CT molecular complexity index is 341. The molecular weight excluding hydrogens is 189 g/mol. The van der Waals surface area contributed by atoms with Gasteiger partial charge in [-0.2, -0.15) is 0 Å². The summed E-state index contributed by atoms with van der Waals surface area (Å²) in [5.74, 6) is -1.60. The van der Waals surface area contributed by atoms with E-state index < -0.39 is 11.6 Å². The Balaban J connectivity index is 2.68. The molecule has 0 saturated carbocycles. The normalized spacial score (nSPS) is 9.86. The summed E-state index contributed by atoms with van der Waals surface area (Å²) in [7, 11) is 1.39. The molecule has 0 bridgehead atoms. The summed E-state index contributed by atoms with van der Waals surface area (Å²) in [6.45, 7) is -0.0947. The number of halogens is 1. The van der Waals surface area contributed by atoms with Crippen molar-refractivity contribution in [1.29, 1.82) is 0 Å². The lowest BCUT2D eigenvalue weighted by Crippen LogP contribution is -2.17. The molecule has 4 nitrogen and oxygen atoms in total. The van der Waals surface area contributed by atoms with Crippen LogP contribution < -0.4 is 5.32 Å². The van der Waals surface area contributed by atoms with Crippen molar-refractivity contribution >= 4 is 11.6 Å². The molecule has 2 N–H and O–H groups in total. The average Bonchev–Trinajstić information content (AvgIpc) is 2.12. The van der Waals surface area contributed by atoms with Crippen LogP contribution in [0.5, 0.6) is 5.75 Å². The predicted molar refractivity (Wildman–Crippen MR) is 48.6 cm³/mol. The Morgan fingerprint density at radius 2 is 2.36 bits per heavy atom. The molecule has 0 aromatic heterocycles. The van der Waals surface area contributed by atoms with E-state index in [0.717, 1.165) is 12.1 Å². The number of nitrogens with one attached hydrogen (secondary N) is 1. The largest absolute Gasteiger partial charge is 0.505 e. The van der Waals surface area contributed by atoms with Crippen molar-refractivity contribution in [1.82, 2.24) is 0 Å². The quantitative estimate of drug-likeness (QED) is 0.717. The van der Waals surface area contributed by atoms with Crippen LogP contribution in [0, 0.1) is 5.82 Å². The second-order valence-corrected chi connectivity index (χ2v) is 2.65. The fourth-order valence-electron chi connectivity index (χ4n) is 0.913. The molecule has 0 atom stereocenters. The van der Waals surface area contributed by atoms with Crippen molar-refractivity contribution in [3.8, 4) is 5.75 Å². The SMILES string of the molecule is COCC(=O)Nc1ccc(O)c(F)c1. The zero-order valence-electron chi connectivity index (χ0n) is 7.58. The van der Waals surface area contributed by atoms with E-state index in [4.69, 9.17) is 5.11 Å². The third kappa shape index (κ3) is 2.70. The number of anilines is 1. The molecule has 76 valence electrons. The summed E-state index contributed by atoms with van der Waals surface area (Å²) in [5.41, 5.74) is 0.280. The fraction of sp³-hybridized carbons (Fsp3) is 0.222. The van der Waals surface area contributed by atoms with Crippen LogP contribution in [0.2, 0.25) is 0 Å². The van der Waals surface area contributed by atoms with E-state index in [1.54, 1.807) is 0 Å². The van der Waals surface area contributed by atoms with Crippen molar-refractivity contribution in [2.45, 2.75) is 0 Å². The van der Waals surface area contributed by atoms with Crippen LogP contribution in [0.15, 0.2) is 18.2 Å². The van der Waals surface area contributed by atoms with E-state index in [1.807, 2.05) is 0 Å². The summed E-state index contributed by atoms with van der Waals surface area (Å²) in [6, 6.07) is 3.59. The zero-order chi connectivity index (χ0) is 10.6. The van der Waals surface area contributed by atoms with Gasteiger partial charge in [-0.15, -0.1) is 0 Å². The molecular formula is C9H10FNO3. The number of aromatic hydroxyl groups is 1. The van der Waals surface area contributed by atoms with Crippen molar-refractivity contribution in [3.63, 3.8) is 0 Å². The van der Waals surface area contributed by atoms with Gasteiger partial charge in [-0.1, -0.05) is 0 Å². The smallest absolute Gasteiger partial charge is 0.250 e. The van der Waals surface area contributed by atoms with Gasteiger partial charge in [-0.05, 0) is 12.1 Å². The molecule has 0 aliphatic carbocycles. The minimum Gasteiger partial charge on any atom is -0.505 e. The standard InChI is InChI=1S/C9H10FNO3/c1-14-5-9(13)11-6-2-3-8(12)7(10)4-6/h2-4,12H,5H2,1H3,(H,11,13). The number of phenolic OH excluding ortho intramolecular Hbond substituents is 1. The zero-order valence-corrected chi connectivity index (χ0v) is 7.58. The first-order valence-electron chi connectivity index (χ1n) is 3.91. The number of ether oxygens (including phenoxy) is 1. The van der Waals surface area contributed by atoms with Crippen molar-refractivity contribution < 1.29 is 19.0 Å². The summed E-state index contributed by atoms with van der Waals surface area (Å²) >= 11 is 0. The average molecular weight is 199 g/mol. The molecule has 14 heavy (non-hydrogen) atoms. The van der Waals surface area contributed by atoms with E-state index in [9.17, 15) is 9.18 Å². The van der Waals surface area contributed by atoms with Crippen molar-refractivity contribution in [3.05, 3.63) is 24.0 Å². The predicted octanol–water partition coefficient (Wildman–Crippen LogP) is 1.12. The van der Waals surface area contributed by atoms with Gasteiger partial charge in [0.2, 0.25) is 5.91 Å². The molecule has 0 radical (unpaired) electrons. The molecule has 0 aliphatic heterocycles. The Morgan fingerprint density at radius 3 is 2.93 bits per heavy atom. The number of benzene rings is 1. The monoisotopic (exact) mass is 199 g/mol. The first kappa shape index (κ1) is 10.5. The van der Waals surface area contributed by atoms with Gasteiger partial charge in [0.05, 0.1) is 0 Å². The molecule has 0 fully saturated rings. The second kappa shape index (κ2) is 4.57. The number of amides is 1. The number of methoxy groups -OCH3 is 1. The molecule has 5 heteroatoms. The maximum absolute atomic E-state index is 12.8. The van der Waals surface area contributed by atoms with Gasteiger partial charge in [-0.25, -0.2) is 4.39 Å². The van der Waals surface area contributed by atoms with Gasteiger partial charge in [-0.3, -0.25) is 4.79 Å². The van der Waals surface area contributed by atoms with Gasteiger partial charge < -0.3 is 15.2 Å². The molecule has 0 aliphatic rings. The van der Waals surface area contributed by atoms with Gasteiger partial charge >= 0.3 is 0 Å². The maximum atomic E-state index is 12.8. The van der Waals surface area contributed by atoms with Gasteiger partial charge in [0.15, 0.2) is 11.6 Å². The highest BCUT2D eigenvalue weighted by molar-refractivity contribution is 5.91. The lowest BCUT2D eigenvalue weighted by atomic mass is 10.3. The molecule has 0 spiro atoms. The summed E-state index contributed by atoms with van der Waals surface area (Å²) in [4.78, 5) is 11.0. The molecule has 0 heterocycles. The molecule has 1 amide bonds. The van der Waals surface area contributed by atoms with Crippen LogP contribution in [0.3, 0.4) is 0 Å². The molecule has 1 rings (SSSR count). The van der Waals surface area contributed by atoms with Gasteiger partial charge in [0, 0.05) is 18.9 Å². The maximum Gasteiger partial charge on any atom is 0.250 e. The fourth-order valence-corrected chi connectivity index (χ4v) is 0.913. The highest BCUT2D eigenvalue weighted by Gasteiger charge is 2.04. The Morgan fingerprint density at radius 1 is 1.64 bits per heavy atom. The number of hydrogen-bond acceptors (Lipinski definition) is 3. The highest BCUT2D eigenvalue weighted by atomic mass is 19.1. The number of rotatable bonds is 3. The molecule has 1 aromatic carbocycles. The van der Waals surface area contributed by atoms with E-state index in [-0.39, 0.29) is 18.2 Å². The number of phenols is 1. The number of hydrogen-bond donors (Lipinski definition) is 2. The lowest BCUT2D eigenvalue weighted by Gasteiger charge is -2.04. The van der Waals surface area contributed by atoms with Crippen molar-refractivity contribution in [2.75, 3.05) is 19.0 Å². The van der Waals surface area contributed by atoms with E-state index >= 15 is 0 Å². The van der Waals surface area contributed by atoms with Crippen LogP contribution in [-0.4, -0.2) is 24.7 Å². The van der Waals surface area contributed by atoms with E-state index in [0.29, 0.717) is 0 Å². The van der Waals surface area contributed by atoms with Crippen LogP contribution >= 0.6 is 0 Å². The van der Waals surface area contributed by atoms with Gasteiger partial charge in [0.25, 0.3) is 0 Å². The minimum absolute atomic E-state index is 0.0947. The van der Waals surface area contributed by atoms with Crippen LogP contribution in [0.25, 0.3) is 0 Å². The highest BCUT2D eigenvalue weighted by Crippen LogP contribution is 2.19. The molecule has 1 aromatic rings. The van der Waals surface area contributed by atoms with Crippen molar-refractivity contribution in [2.24, 2.45) is 0 Å². The second-order valence-electron chi connectivity index (χ2n) is 2.65. The summed E-state index contributed by atoms with van der Waals surface area (Å²) in [6.07, 6.45) is 0. The first-order chi connectivity index (χ1) is 6.63. The Labute approximate surface area is 80.3 Å². The summed E-state index contributed by atoms with van der Waals surface area (Å²) in [5, 5.41) is 11.3. The molecule has 0 unspecified atom stereocenters. The molecule has 0 saturated heterocycles. The van der Waals surface area contributed by atoms with E-state index in [2.05, 4.69) is 10.1 Å². The first-order valence-corrected chi connectivity index (χ1v) is 3.91. The Kier molecular flexibility index (Phi) is 3.41. The van der Waals surface area contributed by atoms with Crippen LogP contribution in [0.4, 0.5) is 10.1 Å². The third-order valence-electron chi connectivity index (χ3n) is 1.51. The van der Waals surface area contributed by atoms with Crippen LogP contribution in [0.1, 0.15) is 0 Å². The minimum atomic E-state index is -0.778. The summed E-state index contributed by atoms with van der Waals surface area (Å²) < 4.78 is 17.4. The topological polar surface area (TPSA) is 58.6 Å². The number of carbonyl (C=O) groups excluding carboxylic acids is 1. The van der Waals surface area contributed by atoms with E-state index in [1.165, 1.54) is 13.2 Å². The Hall–Kier alpha value is -1.62. The third-order valence-corrected chi connectivity index (χ3v) is 1.51. The van der Waals surface area contributed by atoms with Gasteiger partial charge in [0.1, 0.15) is 6.61 Å². The lowest BCUT2D eigenvalue weighted by molar-refractivity contribution is -0.119. The number of carbonyl (C=O) groups is 1.